The van der Waals surface area contributed by atoms with E-state index in [0.717, 1.165) is 38.0 Å². The van der Waals surface area contributed by atoms with Gasteiger partial charge in [-0.05, 0) is 72.9 Å². The monoisotopic (exact) mass is 445 g/mol. The summed E-state index contributed by atoms with van der Waals surface area (Å²) in [5.41, 5.74) is 11.2. The van der Waals surface area contributed by atoms with Crippen molar-refractivity contribution in [3.63, 3.8) is 0 Å². The van der Waals surface area contributed by atoms with Crippen LogP contribution in [-0.4, -0.2) is 4.57 Å². The highest BCUT2D eigenvalue weighted by atomic mass is 32.1. The van der Waals surface area contributed by atoms with E-state index in [0.29, 0.717) is 0 Å². The molecule has 3 aliphatic rings. The van der Waals surface area contributed by atoms with Gasteiger partial charge in [0.1, 0.15) is 0 Å². The minimum Gasteiger partial charge on any atom is -0.316 e. The van der Waals surface area contributed by atoms with E-state index >= 15 is 0 Å². The molecule has 1 nitrogen and oxygen atoms in total. The molecule has 0 saturated carbocycles. The Kier molecular flexibility index (Phi) is 7.20. The Morgan fingerprint density at radius 2 is 2.03 bits per heavy atom. The third-order valence-electron chi connectivity index (χ3n) is 7.00. The van der Waals surface area contributed by atoms with Crippen LogP contribution in [0.2, 0.25) is 0 Å². The van der Waals surface area contributed by atoms with E-state index in [4.69, 9.17) is 0 Å². The minimum atomic E-state index is 0. The summed E-state index contributed by atoms with van der Waals surface area (Å²) >= 11 is 1.89. The lowest BCUT2D eigenvalue weighted by Crippen LogP contribution is -2.08. The highest BCUT2D eigenvalue weighted by Crippen LogP contribution is 2.42. The van der Waals surface area contributed by atoms with E-state index in [1.165, 1.54) is 62.6 Å². The molecular weight excluding hydrogens is 406 g/mol. The maximum Gasteiger partial charge on any atom is 0.0543 e. The SMILES string of the molecule is C=C1CCC(CC)Cc2c1cc(-c1csc(C3=CC(CC)=CC3)c1)n2C1=CC=CC1.CC.[HH]. The van der Waals surface area contributed by atoms with Crippen LogP contribution < -0.4 is 0 Å². The molecule has 1 atom stereocenters. The number of fused-ring (bicyclic) bond motifs is 1. The summed E-state index contributed by atoms with van der Waals surface area (Å²) in [5.74, 6) is 0.750. The van der Waals surface area contributed by atoms with Crippen LogP contribution in [-0.2, 0) is 6.42 Å². The fraction of sp³-hybridized carbons (Fsp3) is 0.400. The normalized spacial score (nSPS) is 19.7. The second-order valence-corrected chi connectivity index (χ2v) is 9.75. The molecule has 0 radical (unpaired) electrons. The van der Waals surface area contributed by atoms with Gasteiger partial charge < -0.3 is 4.57 Å². The quantitative estimate of drug-likeness (QED) is 0.403. The van der Waals surface area contributed by atoms with Crippen molar-refractivity contribution in [3.8, 4) is 11.3 Å². The first-order valence-corrected chi connectivity index (χ1v) is 13.3. The highest BCUT2D eigenvalue weighted by Gasteiger charge is 2.26. The summed E-state index contributed by atoms with van der Waals surface area (Å²) in [4.78, 5) is 1.41. The zero-order valence-electron chi connectivity index (χ0n) is 20.2. The molecule has 0 bridgehead atoms. The van der Waals surface area contributed by atoms with E-state index in [2.05, 4.69) is 72.9 Å². The molecule has 2 aromatic heterocycles. The van der Waals surface area contributed by atoms with Crippen LogP contribution in [0.4, 0.5) is 0 Å². The molecule has 32 heavy (non-hydrogen) atoms. The summed E-state index contributed by atoms with van der Waals surface area (Å²) in [6, 6.07) is 4.84. The van der Waals surface area contributed by atoms with Gasteiger partial charge in [0.15, 0.2) is 0 Å². The Bertz CT molecular complexity index is 1120. The average Bonchev–Trinajstić information content (AvgIpc) is 3.61. The van der Waals surface area contributed by atoms with Gasteiger partial charge in [-0.15, -0.1) is 11.3 Å². The van der Waals surface area contributed by atoms with Crippen LogP contribution in [0.5, 0.6) is 0 Å². The molecule has 2 aromatic rings. The number of allylic oxidation sites excluding steroid dienone is 9. The Labute approximate surface area is 200 Å². The van der Waals surface area contributed by atoms with Gasteiger partial charge in [-0.3, -0.25) is 0 Å². The van der Waals surface area contributed by atoms with Gasteiger partial charge >= 0.3 is 0 Å². The summed E-state index contributed by atoms with van der Waals surface area (Å²) < 4.78 is 2.57. The Morgan fingerprint density at radius 3 is 2.72 bits per heavy atom. The van der Waals surface area contributed by atoms with Crippen LogP contribution in [0.1, 0.15) is 83.8 Å². The fourth-order valence-electron chi connectivity index (χ4n) is 5.08. The van der Waals surface area contributed by atoms with Crippen LogP contribution >= 0.6 is 11.3 Å². The number of rotatable bonds is 5. The number of aromatic nitrogens is 1. The van der Waals surface area contributed by atoms with Gasteiger partial charge in [0.2, 0.25) is 0 Å². The topological polar surface area (TPSA) is 4.93 Å². The first-order chi connectivity index (χ1) is 15.7. The van der Waals surface area contributed by atoms with Gasteiger partial charge in [-0.1, -0.05) is 70.6 Å². The van der Waals surface area contributed by atoms with Crippen molar-refractivity contribution in [1.82, 2.24) is 4.57 Å². The van der Waals surface area contributed by atoms with Crippen LogP contribution in [0.3, 0.4) is 0 Å². The van der Waals surface area contributed by atoms with Crippen LogP contribution in [0, 0.1) is 5.92 Å². The number of hydrogen-bond acceptors (Lipinski definition) is 1. The third kappa shape index (κ3) is 4.30. The Hall–Kier alpha value is -2.32. The van der Waals surface area contributed by atoms with Crippen molar-refractivity contribution in [1.29, 1.82) is 0 Å². The molecule has 2 heteroatoms. The second-order valence-electron chi connectivity index (χ2n) is 8.84. The number of hydrogen-bond donors (Lipinski definition) is 0. The summed E-state index contributed by atoms with van der Waals surface area (Å²) in [7, 11) is 0. The van der Waals surface area contributed by atoms with Crippen molar-refractivity contribution in [3.05, 3.63) is 76.2 Å². The van der Waals surface area contributed by atoms with Gasteiger partial charge in [-0.25, -0.2) is 0 Å². The number of nitrogens with zero attached hydrogens (tertiary/aromatic N) is 1. The van der Waals surface area contributed by atoms with Gasteiger partial charge in [0.05, 0.1) is 5.69 Å². The predicted octanol–water partition coefficient (Wildman–Crippen LogP) is 9.79. The van der Waals surface area contributed by atoms with Gasteiger partial charge in [0, 0.05) is 35.1 Å². The minimum absolute atomic E-state index is 0. The molecule has 0 aromatic carbocycles. The molecule has 0 amide bonds. The van der Waals surface area contributed by atoms with Crippen molar-refractivity contribution in [2.45, 2.75) is 72.6 Å². The third-order valence-corrected chi connectivity index (χ3v) is 8.01. The first-order valence-electron chi connectivity index (χ1n) is 12.5. The molecular formula is C30H39NS. The summed E-state index contributed by atoms with van der Waals surface area (Å²) in [6.07, 6.45) is 19.5. The molecule has 0 N–H and O–H groups in total. The molecule has 170 valence electrons. The maximum absolute atomic E-state index is 4.48. The van der Waals surface area contributed by atoms with E-state index in [9.17, 15) is 0 Å². The Morgan fingerprint density at radius 1 is 1.19 bits per heavy atom. The molecule has 2 heterocycles. The largest absolute Gasteiger partial charge is 0.316 e. The molecule has 5 rings (SSSR count). The first kappa shape index (κ1) is 22.9. The van der Waals surface area contributed by atoms with E-state index < -0.39 is 0 Å². The van der Waals surface area contributed by atoms with E-state index in [1.54, 1.807) is 0 Å². The summed E-state index contributed by atoms with van der Waals surface area (Å²) in [5, 5.41) is 2.36. The molecule has 0 saturated heterocycles. The molecule has 1 unspecified atom stereocenters. The Balaban J connectivity index is 0.000000994. The molecule has 0 fully saturated rings. The standard InChI is InChI=1S/C28H31NS.C2H6.H2/c1-4-20-12-13-22(14-20)28-16-23(18-30-28)26-17-25-19(3)10-11-21(5-2)15-27(25)29(26)24-8-6-7-9-24;1-2;/h6-8,12,14,16-18,21H,3-5,9-11,13,15H2,1-2H3;1-2H3;1H. The van der Waals surface area contributed by atoms with Crippen molar-refractivity contribution >= 4 is 28.2 Å². The molecule has 3 aliphatic carbocycles. The average molecular weight is 446 g/mol. The lowest BCUT2D eigenvalue weighted by atomic mass is 9.97. The highest BCUT2D eigenvalue weighted by molar-refractivity contribution is 7.11. The number of thiophene rings is 1. The van der Waals surface area contributed by atoms with Crippen LogP contribution in [0.15, 0.2) is 60.0 Å². The molecule has 0 spiro atoms. The maximum atomic E-state index is 4.48. The lowest BCUT2D eigenvalue weighted by molar-refractivity contribution is 0.474. The van der Waals surface area contributed by atoms with Gasteiger partial charge in [0.25, 0.3) is 0 Å². The second kappa shape index (κ2) is 10.1. The fourth-order valence-corrected chi connectivity index (χ4v) is 6.01. The van der Waals surface area contributed by atoms with Crippen molar-refractivity contribution in [2.24, 2.45) is 5.92 Å². The van der Waals surface area contributed by atoms with Crippen molar-refractivity contribution < 1.29 is 1.43 Å². The molecule has 0 aliphatic heterocycles. The van der Waals surface area contributed by atoms with Gasteiger partial charge in [-0.2, -0.15) is 0 Å². The summed E-state index contributed by atoms with van der Waals surface area (Å²) in [6.45, 7) is 13.1. The zero-order valence-corrected chi connectivity index (χ0v) is 21.0. The van der Waals surface area contributed by atoms with Crippen LogP contribution in [0.25, 0.3) is 28.1 Å². The van der Waals surface area contributed by atoms with E-state index in [1.807, 2.05) is 25.2 Å². The lowest BCUT2D eigenvalue weighted by Gasteiger charge is -2.17. The van der Waals surface area contributed by atoms with E-state index in [-0.39, 0.29) is 1.43 Å². The van der Waals surface area contributed by atoms with Crippen molar-refractivity contribution in [2.75, 3.05) is 0 Å². The predicted molar refractivity (Wildman–Crippen MR) is 146 cm³/mol. The smallest absolute Gasteiger partial charge is 0.0543 e. The zero-order chi connectivity index (χ0) is 22.7.